The van der Waals surface area contributed by atoms with Crippen molar-refractivity contribution >= 4 is 55.8 Å². The first-order chi connectivity index (χ1) is 6.77. The summed E-state index contributed by atoms with van der Waals surface area (Å²) in [4.78, 5) is 0. The summed E-state index contributed by atoms with van der Waals surface area (Å²) in [6, 6.07) is 6.32. The van der Waals surface area contributed by atoms with Crippen LogP contribution in [-0.2, 0) is 0 Å². The molecule has 4 heteroatoms. The monoisotopic (exact) mass is 336 g/mol. The lowest BCUT2D eigenvalue weighted by molar-refractivity contribution is 0.413. The van der Waals surface area contributed by atoms with Gasteiger partial charge in [0.25, 0.3) is 0 Å². The molecule has 0 aliphatic rings. The van der Waals surface area contributed by atoms with Crippen LogP contribution in [0.2, 0.25) is 0 Å². The van der Waals surface area contributed by atoms with Gasteiger partial charge in [0.1, 0.15) is 4.21 Å². The maximum Gasteiger partial charge on any atom is 0.151 e. The molecule has 14 heavy (non-hydrogen) atoms. The fourth-order valence-corrected chi connectivity index (χ4v) is 4.07. The molecule has 1 aromatic heterocycles. The molecule has 2 rings (SSSR count). The number of rotatable bonds is 2. The maximum absolute atomic E-state index is 5.43. The van der Waals surface area contributed by atoms with Crippen LogP contribution in [0.1, 0.15) is 0 Å². The molecule has 0 bridgehead atoms. The minimum absolute atomic E-state index is 1.02. The Morgan fingerprint density at radius 1 is 1.43 bits per heavy atom. The predicted molar refractivity (Wildman–Crippen MR) is 72.9 cm³/mol. The van der Waals surface area contributed by atoms with Crippen molar-refractivity contribution in [2.45, 2.75) is 4.21 Å². The van der Waals surface area contributed by atoms with Crippen molar-refractivity contribution in [2.75, 3.05) is 13.4 Å². The van der Waals surface area contributed by atoms with E-state index < -0.39 is 0 Å². The molecule has 0 amide bonds. The van der Waals surface area contributed by atoms with Gasteiger partial charge in [-0.3, -0.25) is 0 Å². The van der Waals surface area contributed by atoms with Crippen LogP contribution in [-0.4, -0.2) is 13.4 Å². The molecule has 1 aromatic carbocycles. The van der Waals surface area contributed by atoms with Crippen LogP contribution in [0.15, 0.2) is 22.4 Å². The first kappa shape index (κ1) is 10.6. The van der Waals surface area contributed by atoms with Gasteiger partial charge in [-0.15, -0.1) is 23.1 Å². The molecule has 0 atom stereocenters. The highest BCUT2D eigenvalue weighted by atomic mass is 127. The molecule has 74 valence electrons. The summed E-state index contributed by atoms with van der Waals surface area (Å²) in [7, 11) is 1.74. The molecule has 0 saturated carbocycles. The smallest absolute Gasteiger partial charge is 0.151 e. The molecule has 0 fully saturated rings. The van der Waals surface area contributed by atoms with E-state index in [1.54, 1.807) is 30.2 Å². The third-order valence-electron chi connectivity index (χ3n) is 1.98. The Bertz CT molecular complexity index is 464. The Morgan fingerprint density at radius 3 is 2.86 bits per heavy atom. The number of thioether (sulfide) groups is 1. The summed E-state index contributed by atoms with van der Waals surface area (Å²) in [5.41, 5.74) is 0. The number of thiophene rings is 1. The Kier molecular flexibility index (Phi) is 3.23. The van der Waals surface area contributed by atoms with Crippen LogP contribution in [0, 0.1) is 3.57 Å². The first-order valence-electron chi connectivity index (χ1n) is 4.07. The van der Waals surface area contributed by atoms with E-state index in [9.17, 15) is 0 Å². The van der Waals surface area contributed by atoms with Crippen molar-refractivity contribution in [1.29, 1.82) is 0 Å². The lowest BCUT2D eigenvalue weighted by Gasteiger charge is -1.99. The summed E-state index contributed by atoms with van der Waals surface area (Å²) in [6.45, 7) is 0. The van der Waals surface area contributed by atoms with E-state index in [4.69, 9.17) is 4.74 Å². The standard InChI is InChI=1S/C10H9IOS2/c1-12-8-6-4-3-5-7(11)9(6)14-10(8)13-2/h3-5H,1-2H3. The second-order valence-electron chi connectivity index (χ2n) is 2.74. The minimum atomic E-state index is 1.02. The minimum Gasteiger partial charge on any atom is -0.494 e. The Morgan fingerprint density at radius 2 is 2.21 bits per heavy atom. The van der Waals surface area contributed by atoms with Gasteiger partial charge in [-0.2, -0.15) is 0 Å². The number of ether oxygens (including phenoxy) is 1. The van der Waals surface area contributed by atoms with Crippen LogP contribution >= 0.6 is 45.7 Å². The Labute approximate surface area is 105 Å². The summed E-state index contributed by atoms with van der Waals surface area (Å²) in [5.74, 6) is 1.02. The van der Waals surface area contributed by atoms with Crippen molar-refractivity contribution < 1.29 is 4.74 Å². The maximum atomic E-state index is 5.43. The van der Waals surface area contributed by atoms with Gasteiger partial charge < -0.3 is 4.74 Å². The van der Waals surface area contributed by atoms with Gasteiger partial charge in [-0.25, -0.2) is 0 Å². The Hall–Kier alpha value is 0.0600. The van der Waals surface area contributed by atoms with Crippen LogP contribution in [0.5, 0.6) is 5.75 Å². The van der Waals surface area contributed by atoms with E-state index in [0.29, 0.717) is 0 Å². The summed E-state index contributed by atoms with van der Waals surface area (Å²) >= 11 is 5.92. The molecule has 0 radical (unpaired) electrons. The second-order valence-corrected chi connectivity index (χ2v) is 6.00. The third-order valence-corrected chi connectivity index (χ3v) is 5.57. The fourth-order valence-electron chi connectivity index (χ4n) is 1.37. The molecular weight excluding hydrogens is 327 g/mol. The Balaban J connectivity index is 2.79. The van der Waals surface area contributed by atoms with Crippen molar-refractivity contribution in [2.24, 2.45) is 0 Å². The predicted octanol–water partition coefficient (Wildman–Crippen LogP) is 4.24. The number of halogens is 1. The third kappa shape index (κ3) is 1.63. The quantitative estimate of drug-likeness (QED) is 0.599. The molecule has 1 nitrogen and oxygen atoms in total. The second kappa shape index (κ2) is 4.28. The number of hydrogen-bond acceptors (Lipinski definition) is 3. The first-order valence-corrected chi connectivity index (χ1v) is 7.19. The van der Waals surface area contributed by atoms with Gasteiger partial charge in [0.15, 0.2) is 5.75 Å². The molecule has 0 spiro atoms. The summed E-state index contributed by atoms with van der Waals surface area (Å²) in [6.07, 6.45) is 2.08. The molecule has 1 heterocycles. The van der Waals surface area contributed by atoms with Crippen LogP contribution in [0.4, 0.5) is 0 Å². The van der Waals surface area contributed by atoms with E-state index in [2.05, 4.69) is 47.0 Å². The van der Waals surface area contributed by atoms with E-state index >= 15 is 0 Å². The van der Waals surface area contributed by atoms with Gasteiger partial charge in [0, 0.05) is 8.96 Å². The molecule has 0 aliphatic carbocycles. The van der Waals surface area contributed by atoms with Crippen molar-refractivity contribution in [3.8, 4) is 5.75 Å². The molecule has 0 N–H and O–H groups in total. The van der Waals surface area contributed by atoms with Gasteiger partial charge in [-0.05, 0) is 41.0 Å². The highest BCUT2D eigenvalue weighted by Crippen LogP contribution is 2.44. The van der Waals surface area contributed by atoms with Crippen LogP contribution in [0.25, 0.3) is 10.1 Å². The highest BCUT2D eigenvalue weighted by Gasteiger charge is 2.13. The van der Waals surface area contributed by atoms with Gasteiger partial charge in [0.2, 0.25) is 0 Å². The number of methoxy groups -OCH3 is 1. The zero-order chi connectivity index (χ0) is 10.1. The fraction of sp³-hybridized carbons (Fsp3) is 0.200. The normalized spacial score (nSPS) is 10.8. The lowest BCUT2D eigenvalue weighted by atomic mass is 10.2. The van der Waals surface area contributed by atoms with Crippen LogP contribution in [0.3, 0.4) is 0 Å². The van der Waals surface area contributed by atoms with Gasteiger partial charge >= 0.3 is 0 Å². The number of hydrogen-bond donors (Lipinski definition) is 0. The average molecular weight is 336 g/mol. The van der Waals surface area contributed by atoms with E-state index in [1.165, 1.54) is 17.9 Å². The van der Waals surface area contributed by atoms with E-state index in [0.717, 1.165) is 5.75 Å². The molecule has 0 saturated heterocycles. The van der Waals surface area contributed by atoms with E-state index in [1.807, 2.05) is 0 Å². The number of fused-ring (bicyclic) bond motifs is 1. The molecule has 2 aromatic rings. The van der Waals surface area contributed by atoms with Crippen molar-refractivity contribution in [3.05, 3.63) is 21.8 Å². The zero-order valence-electron chi connectivity index (χ0n) is 7.83. The number of benzene rings is 1. The molecular formula is C10H9IOS2. The van der Waals surface area contributed by atoms with Gasteiger partial charge in [0.05, 0.1) is 11.8 Å². The van der Waals surface area contributed by atoms with Crippen molar-refractivity contribution in [3.63, 3.8) is 0 Å². The van der Waals surface area contributed by atoms with Crippen molar-refractivity contribution in [1.82, 2.24) is 0 Å². The molecule has 0 aliphatic heterocycles. The summed E-state index contributed by atoms with van der Waals surface area (Å²) in [5, 5.41) is 1.23. The largest absolute Gasteiger partial charge is 0.494 e. The molecule has 0 unspecified atom stereocenters. The van der Waals surface area contributed by atoms with Crippen LogP contribution < -0.4 is 4.74 Å². The lowest BCUT2D eigenvalue weighted by Crippen LogP contribution is -1.81. The van der Waals surface area contributed by atoms with E-state index in [-0.39, 0.29) is 0 Å². The summed E-state index contributed by atoms with van der Waals surface area (Å²) < 4.78 is 9.31. The SMILES string of the molecule is COc1c(SC)sc2c(I)cccc12. The zero-order valence-corrected chi connectivity index (χ0v) is 11.6. The topological polar surface area (TPSA) is 9.23 Å². The highest BCUT2D eigenvalue weighted by molar-refractivity contribution is 14.1. The average Bonchev–Trinajstić information content (AvgIpc) is 2.57. The van der Waals surface area contributed by atoms with Gasteiger partial charge in [-0.1, -0.05) is 6.07 Å².